The Bertz CT molecular complexity index is 781. The van der Waals surface area contributed by atoms with E-state index in [4.69, 9.17) is 4.74 Å². The van der Waals surface area contributed by atoms with Crippen LogP contribution in [0.3, 0.4) is 0 Å². The van der Waals surface area contributed by atoms with Crippen molar-refractivity contribution in [3.05, 3.63) is 65.9 Å². The van der Waals surface area contributed by atoms with Gasteiger partial charge in [-0.25, -0.2) is 4.79 Å². The lowest BCUT2D eigenvalue weighted by Crippen LogP contribution is -2.08. The smallest absolute Gasteiger partial charge is 0.357 e. The van der Waals surface area contributed by atoms with Gasteiger partial charge in [-0.15, -0.1) is 0 Å². The Kier molecular flexibility index (Phi) is 4.16. The van der Waals surface area contributed by atoms with Crippen LogP contribution in [0.25, 0.3) is 10.9 Å². The monoisotopic (exact) mass is 296 g/mol. The van der Waals surface area contributed by atoms with Gasteiger partial charge in [0.25, 0.3) is 0 Å². The van der Waals surface area contributed by atoms with Crippen LogP contribution in [0, 0.1) is 0 Å². The van der Waals surface area contributed by atoms with Crippen LogP contribution in [0.4, 0.5) is 0 Å². The highest BCUT2D eigenvalue weighted by molar-refractivity contribution is 6.01. The predicted molar refractivity (Wildman–Crippen MR) is 82.8 cm³/mol. The standard InChI is InChI=1S/C17H16N2O3/c20-17(21)16-14-8-4-5-9-15(14)19(18-16)10-11-22-12-13-6-2-1-3-7-13/h1-9H,10-12H2,(H,20,21). The summed E-state index contributed by atoms with van der Waals surface area (Å²) in [6.45, 7) is 1.52. The third kappa shape index (κ3) is 2.99. The van der Waals surface area contributed by atoms with Crippen molar-refractivity contribution in [2.24, 2.45) is 0 Å². The van der Waals surface area contributed by atoms with Crippen molar-refractivity contribution < 1.29 is 14.6 Å². The molecule has 22 heavy (non-hydrogen) atoms. The molecule has 5 heteroatoms. The number of carbonyl (C=O) groups is 1. The molecule has 5 nitrogen and oxygen atoms in total. The van der Waals surface area contributed by atoms with Gasteiger partial charge in [-0.05, 0) is 11.6 Å². The quantitative estimate of drug-likeness (QED) is 0.710. The molecule has 0 unspecified atom stereocenters. The van der Waals surface area contributed by atoms with Gasteiger partial charge in [-0.3, -0.25) is 4.68 Å². The Hall–Kier alpha value is -2.66. The maximum atomic E-state index is 11.2. The number of carboxylic acids is 1. The average molecular weight is 296 g/mol. The minimum atomic E-state index is -1.01. The van der Waals surface area contributed by atoms with Gasteiger partial charge < -0.3 is 9.84 Å². The predicted octanol–water partition coefficient (Wildman–Crippen LogP) is 2.95. The zero-order chi connectivity index (χ0) is 15.4. The van der Waals surface area contributed by atoms with Crippen LogP contribution in [0.15, 0.2) is 54.6 Å². The Labute approximate surface area is 127 Å². The van der Waals surface area contributed by atoms with E-state index in [2.05, 4.69) is 5.10 Å². The summed E-state index contributed by atoms with van der Waals surface area (Å²) in [5.41, 5.74) is 2.00. The largest absolute Gasteiger partial charge is 0.476 e. The number of hydrogen-bond acceptors (Lipinski definition) is 3. The van der Waals surface area contributed by atoms with Crippen LogP contribution < -0.4 is 0 Å². The molecule has 0 radical (unpaired) electrons. The Morgan fingerprint density at radius 2 is 1.82 bits per heavy atom. The molecule has 0 fully saturated rings. The van der Waals surface area contributed by atoms with Crippen molar-refractivity contribution in [1.82, 2.24) is 9.78 Å². The molecular weight excluding hydrogens is 280 g/mol. The number of carboxylic acid groups (broad SMARTS) is 1. The number of ether oxygens (including phenoxy) is 1. The van der Waals surface area contributed by atoms with Crippen molar-refractivity contribution in [3.8, 4) is 0 Å². The topological polar surface area (TPSA) is 64.3 Å². The fourth-order valence-corrected chi connectivity index (χ4v) is 2.37. The second-order valence-corrected chi connectivity index (χ2v) is 4.93. The van der Waals surface area contributed by atoms with Crippen LogP contribution >= 0.6 is 0 Å². The minimum absolute atomic E-state index is 0.0821. The number of para-hydroxylation sites is 1. The van der Waals surface area contributed by atoms with Gasteiger partial charge in [0.15, 0.2) is 5.69 Å². The number of hydrogen-bond donors (Lipinski definition) is 1. The summed E-state index contributed by atoms with van der Waals surface area (Å²) in [4.78, 5) is 11.2. The first-order valence-corrected chi connectivity index (χ1v) is 7.06. The summed E-state index contributed by atoms with van der Waals surface area (Å²) in [6, 6.07) is 17.2. The molecule has 0 saturated heterocycles. The molecule has 0 spiro atoms. The second-order valence-electron chi connectivity index (χ2n) is 4.93. The fraction of sp³-hybridized carbons (Fsp3) is 0.176. The van der Waals surface area contributed by atoms with Crippen molar-refractivity contribution in [2.75, 3.05) is 6.61 Å². The van der Waals surface area contributed by atoms with Gasteiger partial charge in [-0.1, -0.05) is 48.5 Å². The molecule has 3 rings (SSSR count). The van der Waals surface area contributed by atoms with E-state index >= 15 is 0 Å². The first-order valence-electron chi connectivity index (χ1n) is 7.06. The molecule has 0 saturated carbocycles. The van der Waals surface area contributed by atoms with E-state index in [1.54, 1.807) is 10.7 Å². The zero-order valence-corrected chi connectivity index (χ0v) is 12.0. The summed E-state index contributed by atoms with van der Waals surface area (Å²) in [5.74, 6) is -1.01. The van der Waals surface area contributed by atoms with Gasteiger partial charge in [-0.2, -0.15) is 5.10 Å². The van der Waals surface area contributed by atoms with Crippen LogP contribution in [-0.2, 0) is 17.9 Å². The summed E-state index contributed by atoms with van der Waals surface area (Å²) in [5, 5.41) is 14.0. The van der Waals surface area contributed by atoms with Gasteiger partial charge in [0.1, 0.15) is 0 Å². The Morgan fingerprint density at radius 1 is 1.09 bits per heavy atom. The van der Waals surface area contributed by atoms with E-state index in [9.17, 15) is 9.90 Å². The van der Waals surface area contributed by atoms with E-state index in [-0.39, 0.29) is 5.69 Å². The third-order valence-corrected chi connectivity index (χ3v) is 3.42. The summed E-state index contributed by atoms with van der Waals surface area (Å²) < 4.78 is 7.32. The third-order valence-electron chi connectivity index (χ3n) is 3.42. The van der Waals surface area contributed by atoms with Crippen LogP contribution in [-0.4, -0.2) is 27.5 Å². The van der Waals surface area contributed by atoms with Gasteiger partial charge in [0, 0.05) is 5.39 Å². The minimum Gasteiger partial charge on any atom is -0.476 e. The molecule has 0 aliphatic rings. The molecule has 3 aromatic rings. The van der Waals surface area contributed by atoms with Crippen molar-refractivity contribution in [2.45, 2.75) is 13.2 Å². The molecule has 1 heterocycles. The van der Waals surface area contributed by atoms with Gasteiger partial charge in [0.05, 0.1) is 25.3 Å². The van der Waals surface area contributed by atoms with Crippen molar-refractivity contribution in [1.29, 1.82) is 0 Å². The fourth-order valence-electron chi connectivity index (χ4n) is 2.37. The zero-order valence-electron chi connectivity index (χ0n) is 12.0. The molecule has 112 valence electrons. The number of fused-ring (bicyclic) bond motifs is 1. The average Bonchev–Trinajstić information content (AvgIpc) is 2.92. The summed E-state index contributed by atoms with van der Waals surface area (Å²) in [7, 11) is 0. The normalized spacial score (nSPS) is 10.9. The lowest BCUT2D eigenvalue weighted by Gasteiger charge is -2.05. The Balaban J connectivity index is 1.68. The maximum absolute atomic E-state index is 11.2. The summed E-state index contributed by atoms with van der Waals surface area (Å²) in [6.07, 6.45) is 0. The number of rotatable bonds is 6. The highest BCUT2D eigenvalue weighted by Crippen LogP contribution is 2.18. The van der Waals surface area contributed by atoms with Gasteiger partial charge >= 0.3 is 5.97 Å². The molecule has 0 amide bonds. The SMILES string of the molecule is O=C(O)c1nn(CCOCc2ccccc2)c2ccccc12. The van der Waals surface area contributed by atoms with Crippen molar-refractivity contribution >= 4 is 16.9 Å². The molecule has 1 aromatic heterocycles. The first kappa shape index (κ1) is 14.3. The van der Waals surface area contributed by atoms with Crippen molar-refractivity contribution in [3.63, 3.8) is 0 Å². The van der Waals surface area contributed by atoms with Crippen LogP contribution in [0.2, 0.25) is 0 Å². The van der Waals surface area contributed by atoms with Crippen LogP contribution in [0.5, 0.6) is 0 Å². The van der Waals surface area contributed by atoms with E-state index in [1.807, 2.05) is 48.5 Å². The molecule has 2 aromatic carbocycles. The van der Waals surface area contributed by atoms with Crippen LogP contribution in [0.1, 0.15) is 16.1 Å². The van der Waals surface area contributed by atoms with E-state index in [0.717, 1.165) is 11.1 Å². The molecule has 0 bridgehead atoms. The lowest BCUT2D eigenvalue weighted by molar-refractivity contribution is 0.0690. The molecule has 0 aliphatic heterocycles. The van der Waals surface area contributed by atoms with Gasteiger partial charge in [0.2, 0.25) is 0 Å². The maximum Gasteiger partial charge on any atom is 0.357 e. The number of aromatic carboxylic acids is 1. The molecule has 1 N–H and O–H groups in total. The lowest BCUT2D eigenvalue weighted by atomic mass is 10.2. The number of aromatic nitrogens is 2. The highest BCUT2D eigenvalue weighted by atomic mass is 16.5. The number of benzene rings is 2. The Morgan fingerprint density at radius 3 is 2.59 bits per heavy atom. The molecule has 0 atom stereocenters. The molecule has 0 aliphatic carbocycles. The molecular formula is C17H16N2O3. The summed E-state index contributed by atoms with van der Waals surface area (Å²) >= 11 is 0. The van der Waals surface area contributed by atoms with E-state index in [0.29, 0.717) is 25.1 Å². The first-order chi connectivity index (χ1) is 10.8. The second kappa shape index (κ2) is 6.41. The van der Waals surface area contributed by atoms with E-state index < -0.39 is 5.97 Å². The number of nitrogens with zero attached hydrogens (tertiary/aromatic N) is 2. The van der Waals surface area contributed by atoms with E-state index in [1.165, 1.54) is 0 Å². The highest BCUT2D eigenvalue weighted by Gasteiger charge is 2.15.